The van der Waals surface area contributed by atoms with Crippen LogP contribution in [0.25, 0.3) is 0 Å². The fourth-order valence-corrected chi connectivity index (χ4v) is 4.16. The number of nitriles is 1. The minimum atomic E-state index is -3.69. The molecule has 0 atom stereocenters. The van der Waals surface area contributed by atoms with E-state index in [-0.39, 0.29) is 18.8 Å². The minimum absolute atomic E-state index is 0.160. The van der Waals surface area contributed by atoms with E-state index in [1.54, 1.807) is 54.9 Å². The number of aromatic nitrogens is 1. The van der Waals surface area contributed by atoms with Crippen LogP contribution < -0.4 is 0 Å². The predicted octanol–water partition coefficient (Wildman–Crippen LogP) is 2.69. The Kier molecular flexibility index (Phi) is 6.42. The number of pyridine rings is 1. The number of amides is 1. The highest BCUT2D eigenvalue weighted by atomic mass is 32.2. The first-order chi connectivity index (χ1) is 13.9. The molecular weight excluding hydrogens is 390 g/mol. The summed E-state index contributed by atoms with van der Waals surface area (Å²) >= 11 is 0. The fourth-order valence-electron chi connectivity index (χ4n) is 2.79. The van der Waals surface area contributed by atoms with E-state index in [9.17, 15) is 13.2 Å². The molecule has 7 nitrogen and oxygen atoms in total. The molecule has 0 radical (unpaired) electrons. The fraction of sp³-hybridized carbons (Fsp3) is 0.190. The lowest BCUT2D eigenvalue weighted by atomic mass is 10.2. The van der Waals surface area contributed by atoms with Gasteiger partial charge in [0.15, 0.2) is 9.84 Å². The average molecular weight is 409 g/mol. The third-order valence-corrected chi connectivity index (χ3v) is 5.65. The lowest BCUT2D eigenvalue weighted by molar-refractivity contribution is -0.129. The Morgan fingerprint density at radius 3 is 2.48 bits per heavy atom. The Morgan fingerprint density at radius 1 is 1.07 bits per heavy atom. The van der Waals surface area contributed by atoms with Crippen molar-refractivity contribution in [3.8, 4) is 6.07 Å². The van der Waals surface area contributed by atoms with Crippen LogP contribution in [0.1, 0.15) is 22.5 Å². The number of carbonyl (C=O) groups is 1. The number of carbonyl (C=O) groups excluding carboxylic acids is 1. The van der Waals surface area contributed by atoms with Gasteiger partial charge >= 0.3 is 0 Å². The van der Waals surface area contributed by atoms with Crippen molar-refractivity contribution < 1.29 is 17.6 Å². The van der Waals surface area contributed by atoms with Crippen molar-refractivity contribution in [1.82, 2.24) is 9.88 Å². The maximum Gasteiger partial charge on any atom is 0.238 e. The van der Waals surface area contributed by atoms with Crippen LogP contribution in [0.5, 0.6) is 0 Å². The van der Waals surface area contributed by atoms with E-state index in [0.717, 1.165) is 5.56 Å². The van der Waals surface area contributed by atoms with E-state index in [4.69, 9.17) is 9.68 Å². The zero-order valence-corrected chi connectivity index (χ0v) is 16.4. The first-order valence-electron chi connectivity index (χ1n) is 8.84. The van der Waals surface area contributed by atoms with Crippen LogP contribution >= 0.6 is 0 Å². The highest BCUT2D eigenvalue weighted by molar-refractivity contribution is 7.91. The summed E-state index contributed by atoms with van der Waals surface area (Å²) in [4.78, 5) is 18.3. The molecule has 0 aliphatic rings. The molecule has 148 valence electrons. The second-order valence-electron chi connectivity index (χ2n) is 6.53. The van der Waals surface area contributed by atoms with Crippen LogP contribution in [-0.2, 0) is 33.5 Å². The van der Waals surface area contributed by atoms with Crippen molar-refractivity contribution in [2.75, 3.05) is 5.75 Å². The number of furan rings is 1. The van der Waals surface area contributed by atoms with Crippen LogP contribution in [0, 0.1) is 11.3 Å². The summed E-state index contributed by atoms with van der Waals surface area (Å²) in [6, 6.07) is 15.3. The maximum atomic E-state index is 12.8. The molecule has 29 heavy (non-hydrogen) atoms. The Morgan fingerprint density at radius 2 is 1.86 bits per heavy atom. The first kappa shape index (κ1) is 20.3. The van der Waals surface area contributed by atoms with Crippen molar-refractivity contribution in [1.29, 1.82) is 5.26 Å². The van der Waals surface area contributed by atoms with Crippen LogP contribution in [0.4, 0.5) is 0 Å². The van der Waals surface area contributed by atoms with Crippen molar-refractivity contribution in [2.24, 2.45) is 0 Å². The third-order valence-electron chi connectivity index (χ3n) is 4.19. The molecule has 8 heteroatoms. The average Bonchev–Trinajstić information content (AvgIpc) is 3.21. The zero-order chi connectivity index (χ0) is 20.7. The molecule has 0 saturated carbocycles. The van der Waals surface area contributed by atoms with Gasteiger partial charge in [-0.25, -0.2) is 8.42 Å². The molecule has 0 spiro atoms. The highest BCUT2D eigenvalue weighted by Crippen LogP contribution is 2.13. The van der Waals surface area contributed by atoms with E-state index >= 15 is 0 Å². The summed E-state index contributed by atoms with van der Waals surface area (Å²) < 4.78 is 30.5. The molecule has 1 amide bonds. The SMILES string of the molecule is N#Cc1ccc(CS(=O)(=O)CC(=O)N(Cc2cccnc2)Cc2ccco2)cc1. The monoisotopic (exact) mass is 409 g/mol. The van der Waals surface area contributed by atoms with Gasteiger partial charge in [-0.1, -0.05) is 18.2 Å². The highest BCUT2D eigenvalue weighted by Gasteiger charge is 2.23. The van der Waals surface area contributed by atoms with Crippen LogP contribution in [0.15, 0.2) is 71.6 Å². The molecule has 3 rings (SSSR count). The van der Waals surface area contributed by atoms with Crippen LogP contribution in [-0.4, -0.2) is 30.0 Å². The summed E-state index contributed by atoms with van der Waals surface area (Å²) in [5.41, 5.74) is 1.77. The second-order valence-corrected chi connectivity index (χ2v) is 8.60. The molecule has 0 aliphatic heterocycles. The molecule has 0 bridgehead atoms. The van der Waals surface area contributed by atoms with Crippen molar-refractivity contribution in [3.05, 3.63) is 89.6 Å². The number of hydrogen-bond donors (Lipinski definition) is 0. The molecule has 0 fully saturated rings. The van der Waals surface area contributed by atoms with Gasteiger partial charge in [0.25, 0.3) is 0 Å². The molecule has 0 N–H and O–H groups in total. The number of rotatable bonds is 8. The van der Waals surface area contributed by atoms with Gasteiger partial charge in [0.1, 0.15) is 11.5 Å². The standard InChI is InChI=1S/C21H19N3O4S/c22-11-17-5-7-18(8-6-17)15-29(26,27)16-21(25)24(14-20-4-2-10-28-20)13-19-3-1-9-23-12-19/h1-10,12H,13-16H2. The van der Waals surface area contributed by atoms with Gasteiger partial charge in [0, 0.05) is 18.9 Å². The molecule has 2 aromatic heterocycles. The number of benzene rings is 1. The maximum absolute atomic E-state index is 12.8. The minimum Gasteiger partial charge on any atom is -0.467 e. The van der Waals surface area contributed by atoms with Crippen molar-refractivity contribution in [3.63, 3.8) is 0 Å². The normalized spacial score (nSPS) is 11.0. The smallest absolute Gasteiger partial charge is 0.238 e. The first-order valence-corrected chi connectivity index (χ1v) is 10.7. The summed E-state index contributed by atoms with van der Waals surface area (Å²) in [5.74, 6) is -0.842. The van der Waals surface area contributed by atoms with Crippen molar-refractivity contribution >= 4 is 15.7 Å². The van der Waals surface area contributed by atoms with Gasteiger partial charge in [-0.2, -0.15) is 5.26 Å². The van der Waals surface area contributed by atoms with Crippen LogP contribution in [0.2, 0.25) is 0 Å². The predicted molar refractivity (Wildman–Crippen MR) is 106 cm³/mol. The third kappa shape index (κ3) is 6.02. The molecule has 1 aromatic carbocycles. The summed E-state index contributed by atoms with van der Waals surface area (Å²) in [7, 11) is -3.69. The van der Waals surface area contributed by atoms with Gasteiger partial charge in [-0.05, 0) is 41.5 Å². The topological polar surface area (TPSA) is 104 Å². The number of nitrogens with zero attached hydrogens (tertiary/aromatic N) is 3. The van der Waals surface area contributed by atoms with E-state index in [0.29, 0.717) is 16.9 Å². The van der Waals surface area contributed by atoms with Crippen molar-refractivity contribution in [2.45, 2.75) is 18.8 Å². The zero-order valence-electron chi connectivity index (χ0n) is 15.6. The number of hydrogen-bond acceptors (Lipinski definition) is 6. The largest absolute Gasteiger partial charge is 0.467 e. The molecule has 0 unspecified atom stereocenters. The summed E-state index contributed by atoms with van der Waals surface area (Å²) in [6.45, 7) is 0.382. The van der Waals surface area contributed by atoms with Gasteiger partial charge in [0.2, 0.25) is 5.91 Å². The van der Waals surface area contributed by atoms with Gasteiger partial charge in [-0.3, -0.25) is 9.78 Å². The molecule has 0 saturated heterocycles. The number of sulfone groups is 1. The quantitative estimate of drug-likeness (QED) is 0.566. The molecular formula is C21H19N3O4S. The van der Waals surface area contributed by atoms with E-state index in [2.05, 4.69) is 4.98 Å². The van der Waals surface area contributed by atoms with Gasteiger partial charge in [0.05, 0.1) is 30.2 Å². The Bertz CT molecular complexity index is 1090. The molecule has 0 aliphatic carbocycles. The van der Waals surface area contributed by atoms with E-state index in [1.165, 1.54) is 11.2 Å². The summed E-state index contributed by atoms with van der Waals surface area (Å²) in [5, 5.41) is 8.84. The van der Waals surface area contributed by atoms with E-state index in [1.807, 2.05) is 12.1 Å². The second kappa shape index (κ2) is 9.17. The van der Waals surface area contributed by atoms with Gasteiger partial charge < -0.3 is 9.32 Å². The molecule has 2 heterocycles. The van der Waals surface area contributed by atoms with E-state index < -0.39 is 21.5 Å². The Labute approximate surface area is 169 Å². The lowest BCUT2D eigenvalue weighted by Crippen LogP contribution is -2.35. The molecule has 3 aromatic rings. The Balaban J connectivity index is 1.72. The summed E-state index contributed by atoms with van der Waals surface area (Å²) in [6.07, 6.45) is 4.77. The lowest BCUT2D eigenvalue weighted by Gasteiger charge is -2.21. The van der Waals surface area contributed by atoms with Gasteiger partial charge in [-0.15, -0.1) is 0 Å². The Hall–Kier alpha value is -3.44. The van der Waals surface area contributed by atoms with Crippen LogP contribution in [0.3, 0.4) is 0 Å².